The zero-order valence-corrected chi connectivity index (χ0v) is 63.2. The van der Waals surface area contributed by atoms with Gasteiger partial charge < -0.3 is 33.8 Å². The van der Waals surface area contributed by atoms with E-state index in [2.05, 4.69) is 137 Å². The van der Waals surface area contributed by atoms with E-state index < -0.39 is 97.5 Å². The molecular weight excluding hydrogens is 1280 g/mol. The number of unbranched alkanes of at least 4 members (excludes halogenated alkanes) is 27. The Bertz CT molecular complexity index is 2290. The van der Waals surface area contributed by atoms with Crippen molar-refractivity contribution in [3.63, 3.8) is 0 Å². The summed E-state index contributed by atoms with van der Waals surface area (Å²) in [4.78, 5) is 72.8. The summed E-state index contributed by atoms with van der Waals surface area (Å²) in [5, 5.41) is 10.6. The number of ether oxygens (including phenoxy) is 4. The van der Waals surface area contributed by atoms with Gasteiger partial charge in [0.15, 0.2) is 12.2 Å². The molecule has 0 fully saturated rings. The Kier molecular flexibility index (Phi) is 68.0. The third kappa shape index (κ3) is 70.2. The number of hydrogen-bond donors (Lipinski definition) is 3. The second-order valence-corrected chi connectivity index (χ2v) is 28.1. The number of rotatable bonds is 71. The largest absolute Gasteiger partial charge is 0.472 e. The van der Waals surface area contributed by atoms with Crippen molar-refractivity contribution in [3.8, 4) is 0 Å². The van der Waals surface area contributed by atoms with Crippen LogP contribution in [-0.2, 0) is 65.4 Å². The summed E-state index contributed by atoms with van der Waals surface area (Å²) >= 11 is 0. The molecule has 0 bridgehead atoms. The molecule has 0 aromatic carbocycles. The van der Waals surface area contributed by atoms with Crippen molar-refractivity contribution in [1.82, 2.24) is 0 Å². The van der Waals surface area contributed by atoms with Crippen molar-refractivity contribution >= 4 is 39.5 Å². The Hall–Kier alpha value is -4.28. The van der Waals surface area contributed by atoms with Crippen LogP contribution < -0.4 is 0 Å². The van der Waals surface area contributed by atoms with Crippen molar-refractivity contribution in [1.29, 1.82) is 0 Å². The average molecular weight is 1420 g/mol. The number of aliphatic hydroxyl groups is 1. The smallest absolute Gasteiger partial charge is 0.462 e. The van der Waals surface area contributed by atoms with Crippen molar-refractivity contribution in [2.45, 2.75) is 329 Å². The first kappa shape index (κ1) is 93.7. The molecular formula is C79H136O17P2. The van der Waals surface area contributed by atoms with Crippen molar-refractivity contribution in [2.75, 3.05) is 39.6 Å². The van der Waals surface area contributed by atoms with Gasteiger partial charge in [-0.2, -0.15) is 0 Å². The van der Waals surface area contributed by atoms with Gasteiger partial charge in [-0.1, -0.05) is 265 Å². The minimum Gasteiger partial charge on any atom is -0.462 e. The number of carbonyl (C=O) groups excluding carboxylic acids is 4. The number of hydrogen-bond acceptors (Lipinski definition) is 15. The Morgan fingerprint density at radius 3 is 0.888 bits per heavy atom. The van der Waals surface area contributed by atoms with Crippen LogP contribution in [-0.4, -0.2) is 96.7 Å². The van der Waals surface area contributed by atoms with E-state index in [-0.39, 0.29) is 25.7 Å². The molecule has 0 spiro atoms. The number of phosphoric ester groups is 2. The molecule has 0 aliphatic rings. The second kappa shape index (κ2) is 71.1. The quantitative estimate of drug-likeness (QED) is 0.0169. The zero-order chi connectivity index (χ0) is 71.8. The fraction of sp³-hybridized carbons (Fsp3) is 0.722. The average Bonchev–Trinajstić information content (AvgIpc) is 0.972. The normalized spacial score (nSPS) is 14.6. The van der Waals surface area contributed by atoms with Crippen LogP contribution in [0.2, 0.25) is 0 Å². The van der Waals surface area contributed by atoms with Gasteiger partial charge in [0.2, 0.25) is 0 Å². The molecule has 0 aliphatic heterocycles. The predicted octanol–water partition coefficient (Wildman–Crippen LogP) is 21.8. The molecule has 17 nitrogen and oxygen atoms in total. The van der Waals surface area contributed by atoms with Gasteiger partial charge in [0.25, 0.3) is 0 Å². The van der Waals surface area contributed by atoms with E-state index in [0.717, 1.165) is 173 Å². The van der Waals surface area contributed by atoms with Gasteiger partial charge in [-0.15, -0.1) is 0 Å². The summed E-state index contributed by atoms with van der Waals surface area (Å²) in [6.45, 7) is 4.60. The second-order valence-electron chi connectivity index (χ2n) is 25.2. The molecule has 0 saturated heterocycles. The summed E-state index contributed by atoms with van der Waals surface area (Å²) in [6.07, 6.45) is 75.1. The molecule has 0 saturated carbocycles. The van der Waals surface area contributed by atoms with E-state index in [0.29, 0.717) is 25.7 Å². The third-order valence-electron chi connectivity index (χ3n) is 15.7. The highest BCUT2D eigenvalue weighted by molar-refractivity contribution is 7.47. The summed E-state index contributed by atoms with van der Waals surface area (Å²) in [7, 11) is -9.96. The maximum Gasteiger partial charge on any atom is 0.472 e. The Labute approximate surface area is 594 Å². The molecule has 3 N–H and O–H groups in total. The summed E-state index contributed by atoms with van der Waals surface area (Å²) < 4.78 is 68.4. The van der Waals surface area contributed by atoms with Crippen LogP contribution in [0.1, 0.15) is 310 Å². The van der Waals surface area contributed by atoms with Crippen LogP contribution in [0.5, 0.6) is 0 Å². The molecule has 5 unspecified atom stereocenters. The highest BCUT2D eigenvalue weighted by atomic mass is 31.2. The van der Waals surface area contributed by atoms with E-state index in [9.17, 15) is 43.2 Å². The minimum absolute atomic E-state index is 0.0696. The molecule has 0 aliphatic carbocycles. The maximum absolute atomic E-state index is 13.1. The van der Waals surface area contributed by atoms with E-state index in [4.69, 9.17) is 37.0 Å². The first-order valence-corrected chi connectivity index (χ1v) is 41.1. The van der Waals surface area contributed by atoms with Gasteiger partial charge in [0.1, 0.15) is 19.3 Å². The topological polar surface area (TPSA) is 237 Å². The number of phosphoric acid groups is 2. The lowest BCUT2D eigenvalue weighted by atomic mass is 10.1. The molecule has 19 heteroatoms. The monoisotopic (exact) mass is 1420 g/mol. The lowest BCUT2D eigenvalue weighted by Gasteiger charge is -2.21. The summed E-state index contributed by atoms with van der Waals surface area (Å²) in [6, 6.07) is 0. The van der Waals surface area contributed by atoms with Crippen molar-refractivity contribution < 1.29 is 80.2 Å². The van der Waals surface area contributed by atoms with E-state index >= 15 is 0 Å². The fourth-order valence-corrected chi connectivity index (χ4v) is 11.5. The highest BCUT2D eigenvalue weighted by Gasteiger charge is 2.30. The molecule has 0 rings (SSSR count). The van der Waals surface area contributed by atoms with Gasteiger partial charge in [0.05, 0.1) is 26.4 Å². The third-order valence-corrected chi connectivity index (χ3v) is 17.6. The fourth-order valence-electron chi connectivity index (χ4n) is 9.90. The number of aliphatic hydroxyl groups excluding tert-OH is 1. The van der Waals surface area contributed by atoms with Gasteiger partial charge in [-0.05, 0) is 128 Å². The summed E-state index contributed by atoms with van der Waals surface area (Å²) in [5.41, 5.74) is 0. The maximum atomic E-state index is 13.1. The Balaban J connectivity index is 5.35. The van der Waals surface area contributed by atoms with Crippen molar-refractivity contribution in [3.05, 3.63) is 109 Å². The van der Waals surface area contributed by atoms with Gasteiger partial charge in [-0.25, -0.2) is 9.13 Å². The number of esters is 4. The van der Waals surface area contributed by atoms with Gasteiger partial charge in [-0.3, -0.25) is 37.3 Å². The standard InChI is InChI=1S/C79H136O17P2/c1-5-9-13-17-21-25-29-32-34-35-36-37-39-42-45-48-52-56-60-64-77(82)90-70-75(96-79(84)66-62-58-54-50-46-40-31-27-23-19-15-11-7-3)72-94-98(87,88)92-68-73(80)67-91-97(85,86)93-71-74(95-78(83)65-61-57-53-49-43-28-24-20-16-12-8-4)69-89-76(81)63-59-55-51-47-44-41-38-33-30-26-22-18-14-10-6-2/h9,13,15,19,21-22,25-27,31-34,36-38,42,45,73-75,80H,5-8,10-12,14,16-18,20,23-24,28-30,35,39-41,43-44,46-72H2,1-4H3,(H,85,86)(H,87,88)/b13-9-,19-15-,25-21-,26-22-,31-27-,34-32-,37-36-,38-33-,45-42-. The first-order valence-electron chi connectivity index (χ1n) is 38.1. The number of allylic oxidation sites excluding steroid dienone is 18. The molecule has 5 atom stereocenters. The van der Waals surface area contributed by atoms with Crippen LogP contribution >= 0.6 is 15.6 Å². The minimum atomic E-state index is -4.98. The number of carbonyl (C=O) groups is 4. The van der Waals surface area contributed by atoms with Gasteiger partial charge in [0, 0.05) is 25.7 Å². The molecule has 0 aromatic rings. The molecule has 564 valence electrons. The predicted molar refractivity (Wildman–Crippen MR) is 399 cm³/mol. The lowest BCUT2D eigenvalue weighted by Crippen LogP contribution is -2.30. The molecule has 0 radical (unpaired) electrons. The molecule has 0 heterocycles. The van der Waals surface area contributed by atoms with Crippen LogP contribution in [0, 0.1) is 0 Å². The van der Waals surface area contributed by atoms with Crippen LogP contribution in [0.3, 0.4) is 0 Å². The van der Waals surface area contributed by atoms with E-state index in [1.807, 2.05) is 0 Å². The Morgan fingerprint density at radius 1 is 0.296 bits per heavy atom. The van der Waals surface area contributed by atoms with E-state index in [1.54, 1.807) is 0 Å². The van der Waals surface area contributed by atoms with E-state index in [1.165, 1.54) is 57.8 Å². The zero-order valence-electron chi connectivity index (χ0n) is 61.4. The molecule has 0 aromatic heterocycles. The van der Waals surface area contributed by atoms with Crippen LogP contribution in [0.25, 0.3) is 0 Å². The van der Waals surface area contributed by atoms with Gasteiger partial charge >= 0.3 is 39.5 Å². The van der Waals surface area contributed by atoms with Crippen LogP contribution in [0.15, 0.2) is 109 Å². The Morgan fingerprint density at radius 2 is 0.551 bits per heavy atom. The molecule has 0 amide bonds. The SMILES string of the molecule is CC/C=C\C/C=C\C/C=C\C/C=C\C/C=C\CCCCCC(=O)OCC(COP(=O)(O)OCC(O)COP(=O)(O)OCC(COC(=O)CCCCCCC/C=C\C/C=C\CCCCC)OC(=O)CCCCCCCCCCCCC)OC(=O)CCCCCCC/C=C\C/C=C\CCC. The summed E-state index contributed by atoms with van der Waals surface area (Å²) in [5.74, 6) is -2.23. The van der Waals surface area contributed by atoms with Crippen LogP contribution in [0.4, 0.5) is 0 Å². The first-order chi connectivity index (χ1) is 47.7. The lowest BCUT2D eigenvalue weighted by molar-refractivity contribution is -0.161. The molecule has 98 heavy (non-hydrogen) atoms. The highest BCUT2D eigenvalue weighted by Crippen LogP contribution is 2.45. The van der Waals surface area contributed by atoms with Crippen molar-refractivity contribution in [2.24, 2.45) is 0 Å².